The highest BCUT2D eigenvalue weighted by Crippen LogP contribution is 2.26. The van der Waals surface area contributed by atoms with E-state index in [1.165, 1.54) is 4.90 Å². The van der Waals surface area contributed by atoms with Crippen LogP contribution >= 0.6 is 15.9 Å². The molecule has 0 bridgehead atoms. The fraction of sp³-hybridized carbons (Fsp3) is 0.333. The minimum atomic E-state index is -4.08. The number of anilines is 1. The lowest BCUT2D eigenvalue weighted by Gasteiger charge is -2.32. The van der Waals surface area contributed by atoms with Crippen LogP contribution in [0, 0.1) is 6.92 Å². The van der Waals surface area contributed by atoms with Gasteiger partial charge in [-0.3, -0.25) is 13.9 Å². The summed E-state index contributed by atoms with van der Waals surface area (Å²) < 4.78 is 29.6. The number of aryl methyl sites for hydroxylation is 1. The third-order valence-corrected chi connectivity index (χ3v) is 9.38. The number of benzene rings is 3. The van der Waals surface area contributed by atoms with Gasteiger partial charge >= 0.3 is 0 Å². The van der Waals surface area contributed by atoms with Crippen LogP contribution in [-0.4, -0.2) is 43.8 Å². The van der Waals surface area contributed by atoms with Gasteiger partial charge in [0.1, 0.15) is 12.6 Å². The maximum atomic E-state index is 13.9. The Balaban J connectivity index is 1.66. The van der Waals surface area contributed by atoms with Crippen LogP contribution in [0.25, 0.3) is 0 Å². The van der Waals surface area contributed by atoms with Crippen molar-refractivity contribution in [1.82, 2.24) is 10.2 Å². The highest BCUT2D eigenvalue weighted by atomic mass is 79.9. The summed E-state index contributed by atoms with van der Waals surface area (Å²) in [5.41, 5.74) is 2.13. The predicted molar refractivity (Wildman–Crippen MR) is 157 cm³/mol. The summed E-state index contributed by atoms with van der Waals surface area (Å²) in [5.74, 6) is -0.700. The Morgan fingerprint density at radius 3 is 2.18 bits per heavy atom. The quantitative estimate of drug-likeness (QED) is 0.331. The number of carbonyl (C=O) groups excluding carboxylic acids is 2. The van der Waals surface area contributed by atoms with E-state index in [9.17, 15) is 18.0 Å². The normalized spacial score (nSPS) is 14.5. The lowest BCUT2D eigenvalue weighted by Crippen LogP contribution is -2.52. The zero-order valence-electron chi connectivity index (χ0n) is 22.2. The maximum Gasteiger partial charge on any atom is 0.264 e. The Labute approximate surface area is 239 Å². The Hall–Kier alpha value is -3.17. The van der Waals surface area contributed by atoms with Crippen molar-refractivity contribution in [1.29, 1.82) is 0 Å². The van der Waals surface area contributed by atoms with Crippen molar-refractivity contribution < 1.29 is 18.0 Å². The molecule has 0 spiro atoms. The highest BCUT2D eigenvalue weighted by molar-refractivity contribution is 9.10. The molecule has 7 nitrogen and oxygen atoms in total. The number of hydrogen-bond acceptors (Lipinski definition) is 4. The van der Waals surface area contributed by atoms with Crippen molar-refractivity contribution in [2.24, 2.45) is 0 Å². The minimum Gasteiger partial charge on any atom is -0.352 e. The summed E-state index contributed by atoms with van der Waals surface area (Å²) in [7, 11) is -4.08. The van der Waals surface area contributed by atoms with E-state index in [1.807, 2.05) is 37.3 Å². The van der Waals surface area contributed by atoms with Crippen LogP contribution < -0.4 is 9.62 Å². The largest absolute Gasteiger partial charge is 0.352 e. The molecule has 3 aromatic carbocycles. The van der Waals surface area contributed by atoms with Crippen LogP contribution in [-0.2, 0) is 26.2 Å². The molecule has 1 fully saturated rings. The third-order valence-electron chi connectivity index (χ3n) is 7.07. The Morgan fingerprint density at radius 1 is 0.949 bits per heavy atom. The van der Waals surface area contributed by atoms with Crippen LogP contribution in [0.15, 0.2) is 88.2 Å². The number of hydrogen-bond donors (Lipinski definition) is 1. The predicted octanol–water partition coefficient (Wildman–Crippen LogP) is 5.43. The first-order valence-corrected chi connectivity index (χ1v) is 15.4. The zero-order valence-corrected chi connectivity index (χ0v) is 24.6. The third kappa shape index (κ3) is 7.28. The van der Waals surface area contributed by atoms with Crippen molar-refractivity contribution in [2.75, 3.05) is 10.8 Å². The standard InChI is InChI=1S/C30H34BrN3O4S/c1-22-12-18-28(19-13-22)39(37,38)34(27-16-14-25(31)15-17-27)21-29(35)33(20-24-8-4-3-5-9-24)23(2)30(36)32-26-10-6-7-11-26/h3-5,8-9,12-19,23,26H,6-7,10-11,20-21H2,1-2H3,(H,32,36)/t23-/m1/s1. The minimum absolute atomic E-state index is 0.0884. The molecular formula is C30H34BrN3O4S. The van der Waals surface area contributed by atoms with Crippen LogP contribution in [0.5, 0.6) is 0 Å². The van der Waals surface area contributed by atoms with E-state index >= 15 is 0 Å². The van der Waals surface area contributed by atoms with Gasteiger partial charge in [0.25, 0.3) is 10.0 Å². The Bertz CT molecular complexity index is 1370. The van der Waals surface area contributed by atoms with Crippen molar-refractivity contribution in [3.63, 3.8) is 0 Å². The number of nitrogens with zero attached hydrogens (tertiary/aromatic N) is 2. The van der Waals surface area contributed by atoms with Gasteiger partial charge in [0.05, 0.1) is 10.6 Å². The molecule has 0 unspecified atom stereocenters. The fourth-order valence-electron chi connectivity index (χ4n) is 4.73. The molecule has 1 atom stereocenters. The molecule has 9 heteroatoms. The molecule has 0 radical (unpaired) electrons. The lowest BCUT2D eigenvalue weighted by molar-refractivity contribution is -0.139. The van der Waals surface area contributed by atoms with E-state index in [2.05, 4.69) is 21.2 Å². The molecule has 0 aliphatic heterocycles. The second-order valence-electron chi connectivity index (χ2n) is 9.97. The molecule has 2 amide bonds. The number of amides is 2. The van der Waals surface area contributed by atoms with Crippen molar-refractivity contribution in [2.45, 2.75) is 63.1 Å². The summed E-state index contributed by atoms with van der Waals surface area (Å²) in [5, 5.41) is 3.08. The van der Waals surface area contributed by atoms with E-state index in [-0.39, 0.29) is 23.4 Å². The van der Waals surface area contributed by atoms with E-state index < -0.39 is 28.5 Å². The van der Waals surface area contributed by atoms with Gasteiger partial charge in [0, 0.05) is 17.1 Å². The van der Waals surface area contributed by atoms with Gasteiger partial charge in [-0.1, -0.05) is 76.8 Å². The molecule has 1 aliphatic rings. The fourth-order valence-corrected chi connectivity index (χ4v) is 6.41. The number of nitrogens with one attached hydrogen (secondary N) is 1. The van der Waals surface area contributed by atoms with Crippen molar-refractivity contribution in [3.8, 4) is 0 Å². The van der Waals surface area contributed by atoms with E-state index in [4.69, 9.17) is 0 Å². The molecule has 0 heterocycles. The van der Waals surface area contributed by atoms with Gasteiger partial charge < -0.3 is 10.2 Å². The average Bonchev–Trinajstić information content (AvgIpc) is 3.44. The molecule has 206 valence electrons. The maximum absolute atomic E-state index is 13.9. The van der Waals surface area contributed by atoms with Gasteiger partial charge in [-0.2, -0.15) is 0 Å². The summed E-state index contributed by atoms with van der Waals surface area (Å²) in [6.07, 6.45) is 4.00. The van der Waals surface area contributed by atoms with Gasteiger partial charge in [-0.15, -0.1) is 0 Å². The number of rotatable bonds is 10. The summed E-state index contributed by atoms with van der Waals surface area (Å²) in [6.45, 7) is 3.30. The summed E-state index contributed by atoms with van der Waals surface area (Å²) in [6, 6.07) is 22.0. The molecule has 0 aromatic heterocycles. The smallest absolute Gasteiger partial charge is 0.264 e. The first kappa shape index (κ1) is 28.8. The van der Waals surface area contributed by atoms with Gasteiger partial charge in [0.15, 0.2) is 0 Å². The molecule has 4 rings (SSSR count). The Kier molecular flexibility index (Phi) is 9.45. The number of halogens is 1. The summed E-state index contributed by atoms with van der Waals surface area (Å²) >= 11 is 3.39. The zero-order chi connectivity index (χ0) is 28.0. The number of carbonyl (C=O) groups is 2. The molecular weight excluding hydrogens is 578 g/mol. The van der Waals surface area contributed by atoms with Gasteiger partial charge in [-0.25, -0.2) is 8.42 Å². The highest BCUT2D eigenvalue weighted by Gasteiger charge is 2.33. The first-order valence-electron chi connectivity index (χ1n) is 13.1. The van der Waals surface area contributed by atoms with Crippen LogP contribution in [0.1, 0.15) is 43.7 Å². The van der Waals surface area contributed by atoms with E-state index in [0.717, 1.165) is 45.6 Å². The number of sulfonamides is 1. The van der Waals surface area contributed by atoms with Crippen LogP contribution in [0.3, 0.4) is 0 Å². The van der Waals surface area contributed by atoms with Crippen LogP contribution in [0.4, 0.5) is 5.69 Å². The molecule has 0 saturated heterocycles. The average molecular weight is 613 g/mol. The second-order valence-corrected chi connectivity index (χ2v) is 12.8. The molecule has 3 aromatic rings. The lowest BCUT2D eigenvalue weighted by atomic mass is 10.1. The molecule has 39 heavy (non-hydrogen) atoms. The first-order chi connectivity index (χ1) is 18.6. The van der Waals surface area contributed by atoms with E-state index in [1.54, 1.807) is 55.5 Å². The summed E-state index contributed by atoms with van der Waals surface area (Å²) in [4.78, 5) is 28.7. The van der Waals surface area contributed by atoms with Crippen molar-refractivity contribution in [3.05, 3.63) is 94.5 Å². The topological polar surface area (TPSA) is 86.8 Å². The van der Waals surface area contributed by atoms with E-state index in [0.29, 0.717) is 5.69 Å². The van der Waals surface area contributed by atoms with Crippen LogP contribution in [0.2, 0.25) is 0 Å². The van der Waals surface area contributed by atoms with Gasteiger partial charge in [0.2, 0.25) is 11.8 Å². The van der Waals surface area contributed by atoms with Crippen molar-refractivity contribution >= 4 is 43.5 Å². The molecule has 1 N–H and O–H groups in total. The molecule has 1 aliphatic carbocycles. The Morgan fingerprint density at radius 2 is 1.56 bits per heavy atom. The SMILES string of the molecule is Cc1ccc(S(=O)(=O)N(CC(=O)N(Cc2ccccc2)[C@H](C)C(=O)NC2CCCC2)c2ccc(Br)cc2)cc1. The second kappa shape index (κ2) is 12.8. The van der Waals surface area contributed by atoms with Gasteiger partial charge in [-0.05, 0) is 68.7 Å². The monoisotopic (exact) mass is 611 g/mol. The molecule has 1 saturated carbocycles.